The van der Waals surface area contributed by atoms with Crippen LogP contribution in [-0.2, 0) is 14.3 Å². The summed E-state index contributed by atoms with van der Waals surface area (Å²) in [5, 5.41) is 23.3. The first-order valence-corrected chi connectivity index (χ1v) is 35.1. The molecule has 77 heavy (non-hydrogen) atoms. The molecule has 0 bridgehead atoms. The van der Waals surface area contributed by atoms with E-state index in [0.717, 1.165) is 51.4 Å². The second-order valence-corrected chi connectivity index (χ2v) is 24.2. The van der Waals surface area contributed by atoms with Crippen LogP contribution in [0.5, 0.6) is 0 Å². The lowest BCUT2D eigenvalue weighted by Gasteiger charge is -2.22. The third kappa shape index (κ3) is 63.4. The molecule has 2 atom stereocenters. The summed E-state index contributed by atoms with van der Waals surface area (Å²) in [6, 6.07) is -0.537. The van der Waals surface area contributed by atoms with E-state index in [9.17, 15) is 19.8 Å². The number of hydrogen-bond acceptors (Lipinski definition) is 5. The van der Waals surface area contributed by atoms with Gasteiger partial charge in [-0.25, -0.2) is 0 Å². The summed E-state index contributed by atoms with van der Waals surface area (Å²) < 4.78 is 5.48. The summed E-state index contributed by atoms with van der Waals surface area (Å²) in [6.45, 7) is 4.92. The van der Waals surface area contributed by atoms with Crippen molar-refractivity contribution in [3.05, 3.63) is 24.3 Å². The van der Waals surface area contributed by atoms with Crippen molar-refractivity contribution in [2.75, 3.05) is 13.2 Å². The van der Waals surface area contributed by atoms with Gasteiger partial charge in [-0.15, -0.1) is 0 Å². The van der Waals surface area contributed by atoms with E-state index in [2.05, 4.69) is 43.5 Å². The van der Waals surface area contributed by atoms with E-state index >= 15 is 0 Å². The number of nitrogens with one attached hydrogen (secondary N) is 1. The Kier molecular flexibility index (Phi) is 65.4. The molecule has 0 aromatic carbocycles. The largest absolute Gasteiger partial charge is 0.466 e. The minimum absolute atomic E-state index is 0.00626. The normalized spacial score (nSPS) is 12.6. The van der Waals surface area contributed by atoms with Crippen molar-refractivity contribution in [1.29, 1.82) is 0 Å². The van der Waals surface area contributed by atoms with Crippen LogP contribution in [0.1, 0.15) is 393 Å². The first-order chi connectivity index (χ1) is 38.0. The molecule has 0 radical (unpaired) electrons. The average molecular weight is 1080 g/mol. The maximum atomic E-state index is 12.5. The quantitative estimate of drug-likeness (QED) is 0.0320. The summed E-state index contributed by atoms with van der Waals surface area (Å²) in [7, 11) is 0. The number of amides is 1. The highest BCUT2D eigenvalue weighted by Gasteiger charge is 2.20. The summed E-state index contributed by atoms with van der Waals surface area (Å²) in [6.07, 6.45) is 83.8. The van der Waals surface area contributed by atoms with Gasteiger partial charge >= 0.3 is 5.97 Å². The van der Waals surface area contributed by atoms with Crippen molar-refractivity contribution in [3.63, 3.8) is 0 Å². The molecule has 1 amide bonds. The van der Waals surface area contributed by atoms with Gasteiger partial charge in [0.1, 0.15) is 0 Å². The van der Waals surface area contributed by atoms with E-state index in [1.165, 1.54) is 308 Å². The molecular weight excluding hydrogens is 947 g/mol. The molecule has 456 valence electrons. The van der Waals surface area contributed by atoms with Crippen LogP contribution in [0.25, 0.3) is 0 Å². The van der Waals surface area contributed by atoms with Crippen molar-refractivity contribution in [2.45, 2.75) is 405 Å². The molecule has 0 aliphatic rings. The highest BCUT2D eigenvalue weighted by Crippen LogP contribution is 2.19. The van der Waals surface area contributed by atoms with Gasteiger partial charge in [-0.1, -0.05) is 353 Å². The molecule has 0 saturated carbocycles. The lowest BCUT2D eigenvalue weighted by Crippen LogP contribution is -2.45. The standard InChI is InChI=1S/C71H137NO5/c1-3-5-7-9-11-13-15-17-36-40-43-47-51-55-59-63-69(74)68(67-73)72-70(75)64-60-56-52-48-44-41-37-34-32-30-28-26-24-22-20-18-19-21-23-25-27-29-31-33-35-38-42-46-50-54-58-62-66-77-71(76)65-61-57-53-49-45-39-16-14-12-10-8-6-4-2/h8,10,14,16,68-69,73-74H,3-7,9,11-13,15,17-67H2,1-2H3,(H,72,75)/b10-8-,16-14-. The van der Waals surface area contributed by atoms with Gasteiger partial charge in [-0.2, -0.15) is 0 Å². The topological polar surface area (TPSA) is 95.9 Å². The van der Waals surface area contributed by atoms with Gasteiger partial charge in [0.2, 0.25) is 5.91 Å². The Morgan fingerprint density at radius 2 is 0.675 bits per heavy atom. The van der Waals surface area contributed by atoms with E-state index in [0.29, 0.717) is 25.9 Å². The molecule has 0 aromatic heterocycles. The number of carbonyl (C=O) groups excluding carboxylic acids is 2. The van der Waals surface area contributed by atoms with E-state index in [1.54, 1.807) is 0 Å². The smallest absolute Gasteiger partial charge is 0.305 e. The van der Waals surface area contributed by atoms with Crippen LogP contribution in [-0.4, -0.2) is 47.4 Å². The molecule has 0 aliphatic heterocycles. The predicted octanol–water partition coefficient (Wildman–Crippen LogP) is 22.5. The van der Waals surface area contributed by atoms with E-state index < -0.39 is 12.1 Å². The lowest BCUT2D eigenvalue weighted by atomic mass is 10.0. The predicted molar refractivity (Wildman–Crippen MR) is 338 cm³/mol. The SMILES string of the molecule is CCC/C=C\C/C=C\CCCCCCCC(=O)OCCCCCCCCCCCCCCCCCCCCCCCCCCCCCCCCCCC(=O)NC(CO)C(O)CCCCCCCCCCCCCCCCC. The van der Waals surface area contributed by atoms with Crippen LogP contribution in [0, 0.1) is 0 Å². The fourth-order valence-corrected chi connectivity index (χ4v) is 11.2. The van der Waals surface area contributed by atoms with E-state index in [-0.39, 0.29) is 18.5 Å². The van der Waals surface area contributed by atoms with Gasteiger partial charge in [0, 0.05) is 12.8 Å². The number of hydrogen-bond donors (Lipinski definition) is 3. The Balaban J connectivity index is 3.31. The molecule has 0 saturated heterocycles. The molecule has 0 spiro atoms. The molecule has 0 aromatic rings. The van der Waals surface area contributed by atoms with E-state index in [4.69, 9.17) is 4.74 Å². The highest BCUT2D eigenvalue weighted by atomic mass is 16.5. The second-order valence-electron chi connectivity index (χ2n) is 24.2. The maximum Gasteiger partial charge on any atom is 0.305 e. The molecule has 0 heterocycles. The van der Waals surface area contributed by atoms with Crippen molar-refractivity contribution < 1.29 is 24.5 Å². The van der Waals surface area contributed by atoms with Crippen molar-refractivity contribution in [2.24, 2.45) is 0 Å². The van der Waals surface area contributed by atoms with Crippen LogP contribution in [0.3, 0.4) is 0 Å². The zero-order valence-electron chi connectivity index (χ0n) is 52.2. The number of esters is 1. The highest BCUT2D eigenvalue weighted by molar-refractivity contribution is 5.76. The Morgan fingerprint density at radius 3 is 1.04 bits per heavy atom. The van der Waals surface area contributed by atoms with Gasteiger partial charge in [0.05, 0.1) is 25.4 Å². The number of aliphatic hydroxyl groups is 2. The van der Waals surface area contributed by atoms with Gasteiger partial charge < -0.3 is 20.3 Å². The molecule has 3 N–H and O–H groups in total. The average Bonchev–Trinajstić information content (AvgIpc) is 3.43. The first-order valence-electron chi connectivity index (χ1n) is 35.1. The summed E-state index contributed by atoms with van der Waals surface area (Å²) >= 11 is 0. The third-order valence-electron chi connectivity index (χ3n) is 16.5. The molecular formula is C71H137NO5. The molecule has 0 rings (SSSR count). The number of rotatable bonds is 66. The number of ether oxygens (including phenoxy) is 1. The molecule has 0 aliphatic carbocycles. The number of carbonyl (C=O) groups is 2. The zero-order chi connectivity index (χ0) is 55.7. The van der Waals surface area contributed by atoms with Crippen LogP contribution < -0.4 is 5.32 Å². The number of aliphatic hydroxyl groups excluding tert-OH is 2. The van der Waals surface area contributed by atoms with Crippen LogP contribution in [0.4, 0.5) is 0 Å². The monoisotopic (exact) mass is 1080 g/mol. The van der Waals surface area contributed by atoms with Crippen molar-refractivity contribution in [3.8, 4) is 0 Å². The Labute approximate surface area is 481 Å². The van der Waals surface area contributed by atoms with Crippen molar-refractivity contribution in [1.82, 2.24) is 5.32 Å². The lowest BCUT2D eigenvalue weighted by molar-refractivity contribution is -0.143. The first kappa shape index (κ1) is 75.3. The van der Waals surface area contributed by atoms with E-state index in [1.807, 2.05) is 0 Å². The zero-order valence-corrected chi connectivity index (χ0v) is 52.2. The van der Waals surface area contributed by atoms with Gasteiger partial charge in [-0.05, 0) is 51.4 Å². The third-order valence-corrected chi connectivity index (χ3v) is 16.5. The number of allylic oxidation sites excluding steroid dienone is 4. The Morgan fingerprint density at radius 1 is 0.364 bits per heavy atom. The fourth-order valence-electron chi connectivity index (χ4n) is 11.2. The minimum atomic E-state index is -0.660. The Bertz CT molecular complexity index is 1200. The maximum absolute atomic E-state index is 12.5. The van der Waals surface area contributed by atoms with Crippen LogP contribution >= 0.6 is 0 Å². The summed E-state index contributed by atoms with van der Waals surface area (Å²) in [5.41, 5.74) is 0. The molecule has 6 heteroatoms. The second kappa shape index (κ2) is 66.8. The molecule has 0 fully saturated rings. The Hall–Kier alpha value is -1.66. The van der Waals surface area contributed by atoms with Crippen molar-refractivity contribution >= 4 is 11.9 Å². The number of unbranched alkanes of at least 4 members (excludes halogenated alkanes) is 51. The van der Waals surface area contributed by atoms with Crippen LogP contribution in [0.15, 0.2) is 24.3 Å². The van der Waals surface area contributed by atoms with Gasteiger partial charge in [0.15, 0.2) is 0 Å². The minimum Gasteiger partial charge on any atom is -0.466 e. The summed E-state index contributed by atoms with van der Waals surface area (Å²) in [5.74, 6) is -0.0213. The molecule has 6 nitrogen and oxygen atoms in total. The summed E-state index contributed by atoms with van der Waals surface area (Å²) in [4.78, 5) is 24.5. The molecule has 2 unspecified atom stereocenters. The fraction of sp³-hybridized carbons (Fsp3) is 0.915. The van der Waals surface area contributed by atoms with Gasteiger partial charge in [0.25, 0.3) is 0 Å². The van der Waals surface area contributed by atoms with Gasteiger partial charge in [-0.3, -0.25) is 9.59 Å². The van der Waals surface area contributed by atoms with Crippen LogP contribution in [0.2, 0.25) is 0 Å².